The molecule has 33 heavy (non-hydrogen) atoms. The molecule has 4 nitrogen and oxygen atoms in total. The van der Waals surface area contributed by atoms with Gasteiger partial charge in [0.25, 0.3) is 0 Å². The summed E-state index contributed by atoms with van der Waals surface area (Å²) >= 11 is 0. The number of nitrogens with one attached hydrogen (secondary N) is 1. The van der Waals surface area contributed by atoms with Crippen LogP contribution in [0, 0.1) is 18.3 Å². The van der Waals surface area contributed by atoms with Gasteiger partial charge < -0.3 is 14.8 Å². The van der Waals surface area contributed by atoms with Crippen molar-refractivity contribution in [2.75, 3.05) is 13.2 Å². The number of carbonyl (C=O) groups excluding carboxylic acids is 1. The summed E-state index contributed by atoms with van der Waals surface area (Å²) in [7, 11) is 0. The van der Waals surface area contributed by atoms with Crippen molar-refractivity contribution in [3.8, 4) is 5.75 Å². The van der Waals surface area contributed by atoms with E-state index in [1.807, 2.05) is 20.8 Å². The molecule has 1 fully saturated rings. The minimum atomic E-state index is -0.157. The smallest absolute Gasteiger partial charge is 0.307 e. The molecule has 4 heteroatoms. The highest BCUT2D eigenvalue weighted by atomic mass is 16.5. The van der Waals surface area contributed by atoms with Gasteiger partial charge in [0.15, 0.2) is 0 Å². The Morgan fingerprint density at radius 1 is 1.09 bits per heavy atom. The molecule has 1 aliphatic rings. The van der Waals surface area contributed by atoms with Gasteiger partial charge in [-0.1, -0.05) is 58.9 Å². The summed E-state index contributed by atoms with van der Waals surface area (Å²) in [6.45, 7) is 16.7. The summed E-state index contributed by atoms with van der Waals surface area (Å²) in [5, 5.41) is 5.91. The van der Waals surface area contributed by atoms with E-state index < -0.39 is 0 Å². The van der Waals surface area contributed by atoms with Crippen LogP contribution in [-0.4, -0.2) is 25.2 Å². The molecule has 0 radical (unpaired) electrons. The summed E-state index contributed by atoms with van der Waals surface area (Å²) < 4.78 is 11.7. The highest BCUT2D eigenvalue weighted by molar-refractivity contribution is 5.90. The molecule has 0 amide bonds. The van der Waals surface area contributed by atoms with E-state index in [-0.39, 0.29) is 13.5 Å². The minimum absolute atomic E-state index is 0. The maximum atomic E-state index is 11.7. The summed E-state index contributed by atoms with van der Waals surface area (Å²) in [6.07, 6.45) is 5.34. The summed E-state index contributed by atoms with van der Waals surface area (Å²) in [4.78, 5) is 11.7. The van der Waals surface area contributed by atoms with Crippen molar-refractivity contribution >= 4 is 16.7 Å². The summed E-state index contributed by atoms with van der Waals surface area (Å²) in [5.74, 6) is 1.60. The molecule has 1 saturated carbocycles. The van der Waals surface area contributed by atoms with E-state index in [4.69, 9.17) is 9.47 Å². The van der Waals surface area contributed by atoms with Crippen LogP contribution in [0.1, 0.15) is 86.2 Å². The predicted octanol–water partition coefficient (Wildman–Crippen LogP) is 7.45. The van der Waals surface area contributed by atoms with Crippen LogP contribution in [0.15, 0.2) is 30.3 Å². The molecular formula is C29H47NO3. The molecule has 2 aromatic rings. The molecule has 0 atom stereocenters. The van der Waals surface area contributed by atoms with Crippen molar-refractivity contribution in [2.45, 2.75) is 93.2 Å². The first-order valence-corrected chi connectivity index (χ1v) is 12.8. The van der Waals surface area contributed by atoms with Crippen LogP contribution in [0.5, 0.6) is 5.75 Å². The lowest BCUT2D eigenvalue weighted by atomic mass is 9.72. The molecular weight excluding hydrogens is 410 g/mol. The number of aryl methyl sites for hydroxylation is 1. The van der Waals surface area contributed by atoms with Gasteiger partial charge in [0.05, 0.1) is 19.1 Å². The monoisotopic (exact) mass is 457 g/mol. The van der Waals surface area contributed by atoms with E-state index in [0.29, 0.717) is 31.5 Å². The average Bonchev–Trinajstić information content (AvgIpc) is 2.80. The van der Waals surface area contributed by atoms with Crippen molar-refractivity contribution in [2.24, 2.45) is 11.3 Å². The molecule has 186 valence electrons. The topological polar surface area (TPSA) is 47.6 Å². The standard InChI is InChI=1S/C27H39NO3.C2H6.H2/c1-6-30-26(29)15-16-28-18-24-23-10-8-7-9-22(23)19(2)17-25(24)31-21-13-11-20(12-14-21)27(3,4)5;1-2;/h7-10,17,20-21,28H,6,11-16,18H2,1-5H3;1-2H3;1H. The van der Waals surface area contributed by atoms with Crippen molar-refractivity contribution in [3.63, 3.8) is 0 Å². The maximum absolute atomic E-state index is 11.7. The van der Waals surface area contributed by atoms with Gasteiger partial charge in [0.2, 0.25) is 0 Å². The number of hydrogen-bond acceptors (Lipinski definition) is 4. The molecule has 0 unspecified atom stereocenters. The Morgan fingerprint density at radius 2 is 1.73 bits per heavy atom. The van der Waals surface area contributed by atoms with Gasteiger partial charge in [0, 0.05) is 20.1 Å². The van der Waals surface area contributed by atoms with Gasteiger partial charge >= 0.3 is 5.97 Å². The number of carbonyl (C=O) groups is 1. The molecule has 1 N–H and O–H groups in total. The van der Waals surface area contributed by atoms with Gasteiger partial charge in [-0.2, -0.15) is 0 Å². The first kappa shape index (κ1) is 27.2. The zero-order valence-electron chi connectivity index (χ0n) is 21.9. The van der Waals surface area contributed by atoms with Crippen LogP contribution in [0.2, 0.25) is 0 Å². The van der Waals surface area contributed by atoms with Gasteiger partial charge in [-0.15, -0.1) is 0 Å². The number of fused-ring (bicyclic) bond motifs is 1. The fourth-order valence-corrected chi connectivity index (χ4v) is 4.74. The van der Waals surface area contributed by atoms with Crippen molar-refractivity contribution in [1.29, 1.82) is 0 Å². The Kier molecular flexibility index (Phi) is 10.7. The number of benzene rings is 2. The predicted molar refractivity (Wildman–Crippen MR) is 141 cm³/mol. The second-order valence-corrected chi connectivity index (χ2v) is 9.91. The van der Waals surface area contributed by atoms with Crippen LogP contribution < -0.4 is 10.1 Å². The van der Waals surface area contributed by atoms with Crippen LogP contribution >= 0.6 is 0 Å². The van der Waals surface area contributed by atoms with Crippen molar-refractivity contribution in [1.82, 2.24) is 5.32 Å². The third-order valence-electron chi connectivity index (χ3n) is 6.63. The van der Waals surface area contributed by atoms with Gasteiger partial charge in [-0.3, -0.25) is 4.79 Å². The normalized spacial score (nSPS) is 18.4. The van der Waals surface area contributed by atoms with Crippen LogP contribution in [0.3, 0.4) is 0 Å². The van der Waals surface area contributed by atoms with E-state index in [0.717, 1.165) is 24.5 Å². The SMILES string of the molecule is CC.CCOC(=O)CCNCc1c(OC2CCC(C(C)(C)C)CC2)cc(C)c2ccccc12.[HH]. The third-order valence-corrected chi connectivity index (χ3v) is 6.63. The Morgan fingerprint density at radius 3 is 2.33 bits per heavy atom. The number of rotatable bonds is 8. The fraction of sp³-hybridized carbons (Fsp3) is 0.621. The fourth-order valence-electron chi connectivity index (χ4n) is 4.74. The van der Waals surface area contributed by atoms with Crippen molar-refractivity contribution < 1.29 is 15.7 Å². The van der Waals surface area contributed by atoms with E-state index in [9.17, 15) is 4.79 Å². The quantitative estimate of drug-likeness (QED) is 0.330. The largest absolute Gasteiger partial charge is 0.490 e. The molecule has 0 aromatic heterocycles. The lowest BCUT2D eigenvalue weighted by Gasteiger charge is -2.37. The number of esters is 1. The molecule has 0 aliphatic heterocycles. The maximum Gasteiger partial charge on any atom is 0.307 e. The first-order valence-electron chi connectivity index (χ1n) is 12.8. The first-order chi connectivity index (χ1) is 15.8. The Hall–Kier alpha value is -2.07. The Labute approximate surface area is 202 Å². The minimum Gasteiger partial charge on any atom is -0.490 e. The molecule has 0 heterocycles. The van der Waals surface area contributed by atoms with Gasteiger partial charge in [-0.25, -0.2) is 0 Å². The van der Waals surface area contributed by atoms with E-state index in [1.165, 1.54) is 34.7 Å². The summed E-state index contributed by atoms with van der Waals surface area (Å²) in [5.41, 5.74) is 2.80. The molecule has 0 spiro atoms. The number of hydrogen-bond donors (Lipinski definition) is 1. The van der Waals surface area contributed by atoms with E-state index in [1.54, 1.807) is 0 Å². The second-order valence-electron chi connectivity index (χ2n) is 9.91. The number of ether oxygens (including phenoxy) is 2. The lowest BCUT2D eigenvalue weighted by molar-refractivity contribution is -0.142. The molecule has 0 bridgehead atoms. The van der Waals surface area contributed by atoms with Gasteiger partial charge in [0.1, 0.15) is 5.75 Å². The lowest BCUT2D eigenvalue weighted by Crippen LogP contribution is -2.31. The van der Waals surface area contributed by atoms with Crippen LogP contribution in [0.4, 0.5) is 0 Å². The highest BCUT2D eigenvalue weighted by Gasteiger charge is 2.30. The Balaban J connectivity index is 0.00000188. The van der Waals surface area contributed by atoms with E-state index in [2.05, 4.69) is 63.3 Å². The molecule has 3 rings (SSSR count). The van der Waals surface area contributed by atoms with Gasteiger partial charge in [-0.05, 0) is 73.3 Å². The highest BCUT2D eigenvalue weighted by Crippen LogP contribution is 2.40. The van der Waals surface area contributed by atoms with Crippen molar-refractivity contribution in [3.05, 3.63) is 41.5 Å². The third kappa shape index (κ3) is 7.74. The van der Waals surface area contributed by atoms with Crippen LogP contribution in [0.25, 0.3) is 10.8 Å². The zero-order valence-corrected chi connectivity index (χ0v) is 21.9. The second kappa shape index (κ2) is 13.0. The summed E-state index contributed by atoms with van der Waals surface area (Å²) in [6, 6.07) is 10.7. The van der Waals surface area contributed by atoms with Crippen LogP contribution in [-0.2, 0) is 16.1 Å². The Bertz CT molecular complexity index is 883. The molecule has 0 saturated heterocycles. The van der Waals surface area contributed by atoms with E-state index >= 15 is 0 Å². The zero-order chi connectivity index (χ0) is 24.4. The molecule has 2 aromatic carbocycles. The average molecular weight is 458 g/mol. The molecule has 1 aliphatic carbocycles.